The van der Waals surface area contributed by atoms with E-state index in [1.54, 1.807) is 25.1 Å². The Bertz CT molecular complexity index is 528. The van der Waals surface area contributed by atoms with E-state index < -0.39 is 5.97 Å². The molecule has 1 aromatic carbocycles. The van der Waals surface area contributed by atoms with Crippen LogP contribution < -0.4 is 11.1 Å². The fourth-order valence-electron chi connectivity index (χ4n) is 2.64. The van der Waals surface area contributed by atoms with Gasteiger partial charge in [-0.1, -0.05) is 12.5 Å². The molecule has 1 aliphatic carbocycles. The Labute approximate surface area is 118 Å². The Morgan fingerprint density at radius 1 is 1.35 bits per heavy atom. The van der Waals surface area contributed by atoms with Crippen LogP contribution in [0, 0.1) is 12.8 Å². The van der Waals surface area contributed by atoms with Gasteiger partial charge in [-0.05, 0) is 37.5 Å². The van der Waals surface area contributed by atoms with Gasteiger partial charge in [0.1, 0.15) is 0 Å². The second-order valence-electron chi connectivity index (χ2n) is 5.16. The normalized spacial score (nSPS) is 21.6. The summed E-state index contributed by atoms with van der Waals surface area (Å²) < 4.78 is 4.72. The number of esters is 1. The molecule has 0 heterocycles. The van der Waals surface area contributed by atoms with Crippen LogP contribution in [-0.2, 0) is 9.53 Å². The highest BCUT2D eigenvalue weighted by Crippen LogP contribution is 2.26. The van der Waals surface area contributed by atoms with Crippen molar-refractivity contribution in [3.8, 4) is 0 Å². The van der Waals surface area contributed by atoms with Crippen molar-refractivity contribution in [3.63, 3.8) is 0 Å². The predicted molar refractivity (Wildman–Crippen MR) is 76.5 cm³/mol. The number of carbonyl (C=O) groups is 2. The lowest BCUT2D eigenvalue weighted by Crippen LogP contribution is -2.34. The third-order valence-corrected chi connectivity index (χ3v) is 3.90. The van der Waals surface area contributed by atoms with Gasteiger partial charge < -0.3 is 15.8 Å². The number of hydrogen-bond acceptors (Lipinski definition) is 4. The lowest BCUT2D eigenvalue weighted by Gasteiger charge is -2.17. The van der Waals surface area contributed by atoms with Crippen LogP contribution in [0.2, 0.25) is 0 Å². The zero-order chi connectivity index (χ0) is 14.7. The molecule has 5 nitrogen and oxygen atoms in total. The number of amides is 1. The molecule has 1 saturated carbocycles. The van der Waals surface area contributed by atoms with Crippen LogP contribution in [0.3, 0.4) is 0 Å². The van der Waals surface area contributed by atoms with Crippen LogP contribution in [0.25, 0.3) is 0 Å². The fraction of sp³-hybridized carbons (Fsp3) is 0.467. The van der Waals surface area contributed by atoms with Gasteiger partial charge >= 0.3 is 5.97 Å². The maximum atomic E-state index is 12.2. The van der Waals surface area contributed by atoms with E-state index in [0.29, 0.717) is 16.8 Å². The van der Waals surface area contributed by atoms with E-state index in [9.17, 15) is 9.59 Å². The average molecular weight is 276 g/mol. The van der Waals surface area contributed by atoms with Crippen molar-refractivity contribution >= 4 is 17.6 Å². The number of rotatable bonds is 3. The number of benzene rings is 1. The zero-order valence-electron chi connectivity index (χ0n) is 11.8. The molecule has 5 heteroatoms. The number of carbonyl (C=O) groups excluding carboxylic acids is 2. The summed E-state index contributed by atoms with van der Waals surface area (Å²) in [5.41, 5.74) is 7.74. The van der Waals surface area contributed by atoms with Gasteiger partial charge in [0.25, 0.3) is 0 Å². The Morgan fingerprint density at radius 2 is 2.10 bits per heavy atom. The van der Waals surface area contributed by atoms with Gasteiger partial charge in [-0.25, -0.2) is 4.79 Å². The predicted octanol–water partition coefficient (Wildman–Crippen LogP) is 1.85. The summed E-state index contributed by atoms with van der Waals surface area (Å²) in [5, 5.41) is 2.88. The highest BCUT2D eigenvalue weighted by atomic mass is 16.5. The Hall–Kier alpha value is -1.88. The summed E-state index contributed by atoms with van der Waals surface area (Å²) in [6.07, 6.45) is 2.70. The molecule has 0 spiro atoms. The Balaban J connectivity index is 2.17. The van der Waals surface area contributed by atoms with Gasteiger partial charge in [0, 0.05) is 11.7 Å². The van der Waals surface area contributed by atoms with E-state index in [4.69, 9.17) is 10.5 Å². The number of nitrogens with one attached hydrogen (secondary N) is 1. The van der Waals surface area contributed by atoms with Crippen LogP contribution >= 0.6 is 0 Å². The summed E-state index contributed by atoms with van der Waals surface area (Å²) in [6, 6.07) is 5.11. The lowest BCUT2D eigenvalue weighted by molar-refractivity contribution is -0.120. The molecule has 20 heavy (non-hydrogen) atoms. The lowest BCUT2D eigenvalue weighted by atomic mass is 10.0. The maximum absolute atomic E-state index is 12.2. The summed E-state index contributed by atoms with van der Waals surface area (Å²) in [6.45, 7) is 1.79. The van der Waals surface area contributed by atoms with Crippen LogP contribution in [0.15, 0.2) is 18.2 Å². The zero-order valence-corrected chi connectivity index (χ0v) is 11.8. The molecule has 108 valence electrons. The van der Waals surface area contributed by atoms with Crippen molar-refractivity contribution in [1.82, 2.24) is 0 Å². The number of methoxy groups -OCH3 is 1. The first kappa shape index (κ1) is 14.5. The SMILES string of the molecule is COC(=O)c1cccc(NC(=O)C2CCCC2N)c1C. The minimum Gasteiger partial charge on any atom is -0.465 e. The van der Waals surface area contributed by atoms with E-state index >= 15 is 0 Å². The van der Waals surface area contributed by atoms with Crippen molar-refractivity contribution in [2.45, 2.75) is 32.2 Å². The van der Waals surface area contributed by atoms with E-state index in [-0.39, 0.29) is 17.9 Å². The molecule has 2 rings (SSSR count). The van der Waals surface area contributed by atoms with Crippen molar-refractivity contribution in [2.24, 2.45) is 11.7 Å². The average Bonchev–Trinajstić information content (AvgIpc) is 2.86. The number of anilines is 1. The Kier molecular flexibility index (Phi) is 4.39. The molecule has 1 aliphatic rings. The first-order valence-corrected chi connectivity index (χ1v) is 6.79. The van der Waals surface area contributed by atoms with Gasteiger partial charge in [-0.2, -0.15) is 0 Å². The second kappa shape index (κ2) is 6.05. The largest absolute Gasteiger partial charge is 0.465 e. The molecule has 3 N–H and O–H groups in total. The molecular formula is C15H20N2O3. The van der Waals surface area contributed by atoms with Gasteiger partial charge in [0.05, 0.1) is 18.6 Å². The third kappa shape index (κ3) is 2.82. The molecule has 2 atom stereocenters. The molecule has 0 aromatic heterocycles. The van der Waals surface area contributed by atoms with Gasteiger partial charge in [-0.3, -0.25) is 4.79 Å². The van der Waals surface area contributed by atoms with Crippen LogP contribution in [0.5, 0.6) is 0 Å². The summed E-state index contributed by atoms with van der Waals surface area (Å²) in [5.74, 6) is -0.618. The summed E-state index contributed by atoms with van der Waals surface area (Å²) in [7, 11) is 1.34. The monoisotopic (exact) mass is 276 g/mol. The first-order chi connectivity index (χ1) is 9.54. The molecule has 1 aromatic rings. The number of nitrogens with two attached hydrogens (primary N) is 1. The molecule has 2 unspecified atom stereocenters. The second-order valence-corrected chi connectivity index (χ2v) is 5.16. The van der Waals surface area contributed by atoms with Crippen LogP contribution in [0.1, 0.15) is 35.2 Å². The minimum atomic E-state index is -0.406. The van der Waals surface area contributed by atoms with Gasteiger partial charge in [0.15, 0.2) is 0 Å². The maximum Gasteiger partial charge on any atom is 0.338 e. The van der Waals surface area contributed by atoms with Crippen molar-refractivity contribution in [1.29, 1.82) is 0 Å². The van der Waals surface area contributed by atoms with Gasteiger partial charge in [0.2, 0.25) is 5.91 Å². The quantitative estimate of drug-likeness (QED) is 0.825. The topological polar surface area (TPSA) is 81.4 Å². The van der Waals surface area contributed by atoms with E-state index in [1.165, 1.54) is 7.11 Å². The fourth-order valence-corrected chi connectivity index (χ4v) is 2.64. The number of ether oxygens (including phenoxy) is 1. The van der Waals surface area contributed by atoms with E-state index in [1.807, 2.05) is 0 Å². The first-order valence-electron chi connectivity index (χ1n) is 6.79. The van der Waals surface area contributed by atoms with Crippen molar-refractivity contribution in [3.05, 3.63) is 29.3 Å². The standard InChI is InChI=1S/C15H20N2O3/c1-9-10(15(19)20-2)5-4-8-13(9)17-14(18)11-6-3-7-12(11)16/h4-5,8,11-12H,3,6-7,16H2,1-2H3,(H,17,18). The van der Waals surface area contributed by atoms with Crippen molar-refractivity contribution in [2.75, 3.05) is 12.4 Å². The van der Waals surface area contributed by atoms with Crippen LogP contribution in [0.4, 0.5) is 5.69 Å². The minimum absolute atomic E-state index is 0.0693. The molecule has 0 radical (unpaired) electrons. The Morgan fingerprint density at radius 3 is 2.70 bits per heavy atom. The molecular weight excluding hydrogens is 256 g/mol. The summed E-state index contributed by atoms with van der Waals surface area (Å²) in [4.78, 5) is 23.8. The van der Waals surface area contributed by atoms with Crippen molar-refractivity contribution < 1.29 is 14.3 Å². The molecule has 1 amide bonds. The van der Waals surface area contributed by atoms with E-state index in [0.717, 1.165) is 19.3 Å². The third-order valence-electron chi connectivity index (χ3n) is 3.90. The number of hydrogen-bond donors (Lipinski definition) is 2. The highest BCUT2D eigenvalue weighted by molar-refractivity contribution is 5.97. The smallest absolute Gasteiger partial charge is 0.338 e. The van der Waals surface area contributed by atoms with Gasteiger partial charge in [-0.15, -0.1) is 0 Å². The van der Waals surface area contributed by atoms with E-state index in [2.05, 4.69) is 5.32 Å². The van der Waals surface area contributed by atoms with Crippen LogP contribution in [-0.4, -0.2) is 25.0 Å². The molecule has 0 aliphatic heterocycles. The molecule has 0 bridgehead atoms. The molecule has 0 saturated heterocycles. The summed E-state index contributed by atoms with van der Waals surface area (Å²) >= 11 is 0. The molecule has 1 fully saturated rings. The highest BCUT2D eigenvalue weighted by Gasteiger charge is 2.30.